The van der Waals surface area contributed by atoms with Crippen LogP contribution in [0.2, 0.25) is 0 Å². The van der Waals surface area contributed by atoms with Crippen LogP contribution >= 0.6 is 0 Å². The molecule has 0 bridgehead atoms. The molecule has 0 aromatic carbocycles. The molecule has 5 nitrogen and oxygen atoms in total. The summed E-state index contributed by atoms with van der Waals surface area (Å²) in [7, 11) is 0. The Morgan fingerprint density at radius 2 is 1.75 bits per heavy atom. The van der Waals surface area contributed by atoms with Crippen molar-refractivity contribution in [3.05, 3.63) is 0 Å². The van der Waals surface area contributed by atoms with Crippen molar-refractivity contribution in [1.29, 1.82) is 0 Å². The first kappa shape index (κ1) is 17.4. The molecule has 1 aliphatic rings. The summed E-state index contributed by atoms with van der Waals surface area (Å²) >= 11 is 0. The smallest absolute Gasteiger partial charge is 0.107 e. The molecule has 1 atom stereocenters. The monoisotopic (exact) mass is 285 g/mol. The molecule has 0 radical (unpaired) electrons. The van der Waals surface area contributed by atoms with E-state index in [1.165, 1.54) is 0 Å². The van der Waals surface area contributed by atoms with Crippen molar-refractivity contribution >= 4 is 0 Å². The van der Waals surface area contributed by atoms with E-state index in [0.717, 1.165) is 25.7 Å². The quantitative estimate of drug-likeness (QED) is 0.307. The standard InChI is InChI=1S/C15H27NO4/c1-2-13-3-5-14(6-4-13)15(18)16-7-9-19-11-12-20-10-8-17/h1,13-18H,3-12H2/t13-,14-,15?. The van der Waals surface area contributed by atoms with Crippen LogP contribution in [0.3, 0.4) is 0 Å². The number of hydrogen-bond acceptors (Lipinski definition) is 5. The van der Waals surface area contributed by atoms with Crippen LogP contribution in [-0.2, 0) is 9.47 Å². The zero-order valence-corrected chi connectivity index (χ0v) is 12.1. The van der Waals surface area contributed by atoms with Gasteiger partial charge in [0.05, 0.1) is 33.0 Å². The second-order valence-corrected chi connectivity index (χ2v) is 5.13. The summed E-state index contributed by atoms with van der Waals surface area (Å²) in [4.78, 5) is 0. The molecular formula is C15H27NO4. The van der Waals surface area contributed by atoms with Crippen molar-refractivity contribution in [3.8, 4) is 12.3 Å². The van der Waals surface area contributed by atoms with E-state index < -0.39 is 6.23 Å². The lowest BCUT2D eigenvalue weighted by atomic mass is 9.81. The molecule has 1 aliphatic carbocycles. The van der Waals surface area contributed by atoms with E-state index in [-0.39, 0.29) is 6.61 Å². The molecule has 0 heterocycles. The molecule has 1 rings (SSSR count). The van der Waals surface area contributed by atoms with Crippen molar-refractivity contribution in [2.75, 3.05) is 39.6 Å². The van der Waals surface area contributed by atoms with E-state index in [1.54, 1.807) is 0 Å². The topological polar surface area (TPSA) is 71.0 Å². The summed E-state index contributed by atoms with van der Waals surface area (Å²) in [6, 6.07) is 0. The molecule has 0 amide bonds. The lowest BCUT2D eigenvalue weighted by Crippen LogP contribution is -2.39. The van der Waals surface area contributed by atoms with Crippen LogP contribution in [0.1, 0.15) is 25.7 Å². The van der Waals surface area contributed by atoms with E-state index >= 15 is 0 Å². The van der Waals surface area contributed by atoms with Crippen molar-refractivity contribution in [2.45, 2.75) is 31.9 Å². The Balaban J connectivity index is 1.95. The molecule has 1 fully saturated rings. The van der Waals surface area contributed by atoms with Crippen LogP contribution in [-0.4, -0.2) is 56.0 Å². The highest BCUT2D eigenvalue weighted by atomic mass is 16.5. The number of terminal acetylenes is 1. The predicted molar refractivity (Wildman–Crippen MR) is 77.0 cm³/mol. The molecule has 1 unspecified atom stereocenters. The van der Waals surface area contributed by atoms with E-state index in [1.807, 2.05) is 0 Å². The third-order valence-electron chi connectivity index (χ3n) is 3.66. The van der Waals surface area contributed by atoms with Gasteiger partial charge in [-0.1, -0.05) is 0 Å². The van der Waals surface area contributed by atoms with Gasteiger partial charge in [-0.25, -0.2) is 0 Å². The van der Waals surface area contributed by atoms with Gasteiger partial charge in [0.2, 0.25) is 0 Å². The minimum Gasteiger partial charge on any atom is -0.394 e. The molecule has 0 spiro atoms. The number of nitrogens with one attached hydrogen (secondary N) is 1. The molecule has 0 saturated heterocycles. The van der Waals surface area contributed by atoms with Gasteiger partial charge in [0.25, 0.3) is 0 Å². The molecule has 1 saturated carbocycles. The molecule has 0 aliphatic heterocycles. The molecule has 116 valence electrons. The number of rotatable bonds is 10. The zero-order chi connectivity index (χ0) is 14.6. The van der Waals surface area contributed by atoms with E-state index in [4.69, 9.17) is 21.0 Å². The summed E-state index contributed by atoms with van der Waals surface area (Å²) < 4.78 is 10.4. The van der Waals surface area contributed by atoms with Gasteiger partial charge in [-0.2, -0.15) is 0 Å². The highest BCUT2D eigenvalue weighted by Gasteiger charge is 2.25. The van der Waals surface area contributed by atoms with Crippen LogP contribution < -0.4 is 5.32 Å². The Bertz CT molecular complexity index is 272. The third-order valence-corrected chi connectivity index (χ3v) is 3.66. The number of aliphatic hydroxyl groups is 2. The van der Waals surface area contributed by atoms with Crippen LogP contribution in [0.4, 0.5) is 0 Å². The lowest BCUT2D eigenvalue weighted by Gasteiger charge is -2.29. The number of hydrogen-bond donors (Lipinski definition) is 3. The summed E-state index contributed by atoms with van der Waals surface area (Å²) in [5, 5.41) is 21.6. The van der Waals surface area contributed by atoms with Gasteiger partial charge in [0.1, 0.15) is 6.23 Å². The lowest BCUT2D eigenvalue weighted by molar-refractivity contribution is 0.0199. The summed E-state index contributed by atoms with van der Waals surface area (Å²) in [6.45, 7) is 2.54. The van der Waals surface area contributed by atoms with Crippen molar-refractivity contribution in [3.63, 3.8) is 0 Å². The van der Waals surface area contributed by atoms with E-state index in [0.29, 0.717) is 44.8 Å². The first-order chi connectivity index (χ1) is 9.77. The average Bonchev–Trinajstić information content (AvgIpc) is 2.50. The average molecular weight is 285 g/mol. The third kappa shape index (κ3) is 7.22. The van der Waals surface area contributed by atoms with Crippen LogP contribution in [0.15, 0.2) is 0 Å². The van der Waals surface area contributed by atoms with Crippen molar-refractivity contribution in [1.82, 2.24) is 5.32 Å². The van der Waals surface area contributed by atoms with Gasteiger partial charge in [-0.3, -0.25) is 5.32 Å². The Hall–Kier alpha value is -0.640. The molecule has 20 heavy (non-hydrogen) atoms. The summed E-state index contributed by atoms with van der Waals surface area (Å²) in [5.74, 6) is 3.48. The SMILES string of the molecule is C#C[C@H]1CC[C@H](C(O)NCCOCCOCCO)CC1. The zero-order valence-electron chi connectivity index (χ0n) is 12.1. The normalized spacial score (nSPS) is 24.2. The Labute approximate surface area is 121 Å². The van der Waals surface area contributed by atoms with Crippen molar-refractivity contribution in [2.24, 2.45) is 11.8 Å². The maximum absolute atomic E-state index is 10.0. The second kappa shape index (κ2) is 11.1. The second-order valence-electron chi connectivity index (χ2n) is 5.13. The van der Waals surface area contributed by atoms with Crippen LogP contribution in [0, 0.1) is 24.2 Å². The van der Waals surface area contributed by atoms with Gasteiger partial charge in [-0.05, 0) is 31.6 Å². The summed E-state index contributed by atoms with van der Waals surface area (Å²) in [6.07, 6.45) is 8.94. The fraction of sp³-hybridized carbons (Fsp3) is 0.867. The molecule has 0 aromatic rings. The maximum Gasteiger partial charge on any atom is 0.107 e. The van der Waals surface area contributed by atoms with Gasteiger partial charge < -0.3 is 19.7 Å². The fourth-order valence-corrected chi connectivity index (χ4v) is 2.43. The number of ether oxygens (including phenoxy) is 2. The maximum atomic E-state index is 10.0. The molecule has 3 N–H and O–H groups in total. The molecule has 0 aromatic heterocycles. The van der Waals surface area contributed by atoms with Crippen LogP contribution in [0.25, 0.3) is 0 Å². The Kier molecular flexibility index (Phi) is 9.63. The summed E-state index contributed by atoms with van der Waals surface area (Å²) in [5.41, 5.74) is 0. The molecular weight excluding hydrogens is 258 g/mol. The minimum atomic E-state index is -0.469. The van der Waals surface area contributed by atoms with E-state index in [2.05, 4.69) is 11.2 Å². The highest BCUT2D eigenvalue weighted by molar-refractivity contribution is 4.95. The van der Waals surface area contributed by atoms with E-state index in [9.17, 15) is 5.11 Å². The van der Waals surface area contributed by atoms with Crippen LogP contribution in [0.5, 0.6) is 0 Å². The first-order valence-electron chi connectivity index (χ1n) is 7.42. The Morgan fingerprint density at radius 3 is 2.35 bits per heavy atom. The highest BCUT2D eigenvalue weighted by Crippen LogP contribution is 2.29. The Morgan fingerprint density at radius 1 is 1.10 bits per heavy atom. The van der Waals surface area contributed by atoms with Gasteiger partial charge in [0.15, 0.2) is 0 Å². The van der Waals surface area contributed by atoms with Crippen molar-refractivity contribution < 1.29 is 19.7 Å². The minimum absolute atomic E-state index is 0.0374. The first-order valence-corrected chi connectivity index (χ1v) is 7.42. The number of aliphatic hydroxyl groups excluding tert-OH is 2. The van der Waals surface area contributed by atoms with Gasteiger partial charge >= 0.3 is 0 Å². The molecule has 5 heteroatoms. The largest absolute Gasteiger partial charge is 0.394 e. The predicted octanol–water partition coefficient (Wildman–Crippen LogP) is 0.360. The van der Waals surface area contributed by atoms with Gasteiger partial charge in [-0.15, -0.1) is 12.3 Å². The fourth-order valence-electron chi connectivity index (χ4n) is 2.43. The van der Waals surface area contributed by atoms with Gasteiger partial charge in [0, 0.05) is 12.5 Å².